The molecule has 0 radical (unpaired) electrons. The highest BCUT2D eigenvalue weighted by Crippen LogP contribution is 2.24. The third-order valence-electron chi connectivity index (χ3n) is 2.23. The Morgan fingerprint density at radius 2 is 2.07 bits per heavy atom. The molecule has 0 spiro atoms. The number of aliphatic hydroxyl groups is 1. The molecule has 0 saturated carbocycles. The van der Waals surface area contributed by atoms with Crippen LogP contribution in [0.25, 0.3) is 6.08 Å². The Balaban J connectivity index is 3.06. The fourth-order valence-corrected chi connectivity index (χ4v) is 1.68. The molecular formula is C12H14Cl2O. The van der Waals surface area contributed by atoms with Crippen LogP contribution in [-0.4, -0.2) is 11.7 Å². The van der Waals surface area contributed by atoms with Gasteiger partial charge in [0.1, 0.15) is 0 Å². The SMILES string of the molecule is CC(C)C(=Cc1ccc(Cl)cc1Cl)CO. The van der Waals surface area contributed by atoms with Gasteiger partial charge in [-0.05, 0) is 29.2 Å². The van der Waals surface area contributed by atoms with Gasteiger partial charge < -0.3 is 5.11 Å². The summed E-state index contributed by atoms with van der Waals surface area (Å²) in [5, 5.41) is 10.4. The second-order valence-electron chi connectivity index (χ2n) is 3.70. The molecule has 0 aliphatic heterocycles. The number of hydrogen-bond donors (Lipinski definition) is 1. The Morgan fingerprint density at radius 1 is 1.40 bits per heavy atom. The first kappa shape index (κ1) is 12.6. The van der Waals surface area contributed by atoms with Gasteiger partial charge in [0.2, 0.25) is 0 Å². The van der Waals surface area contributed by atoms with Gasteiger partial charge in [0.25, 0.3) is 0 Å². The van der Waals surface area contributed by atoms with Crippen molar-refractivity contribution in [1.82, 2.24) is 0 Å². The lowest BCUT2D eigenvalue weighted by Gasteiger charge is -2.08. The largest absolute Gasteiger partial charge is 0.392 e. The van der Waals surface area contributed by atoms with E-state index in [0.29, 0.717) is 16.0 Å². The minimum atomic E-state index is 0.0522. The summed E-state index contributed by atoms with van der Waals surface area (Å²) in [5.41, 5.74) is 1.85. The first-order chi connectivity index (χ1) is 7.04. The van der Waals surface area contributed by atoms with Crippen LogP contribution in [0.15, 0.2) is 23.8 Å². The quantitative estimate of drug-likeness (QED) is 0.852. The minimum Gasteiger partial charge on any atom is -0.392 e. The van der Waals surface area contributed by atoms with Crippen molar-refractivity contribution in [2.24, 2.45) is 5.92 Å². The van der Waals surface area contributed by atoms with E-state index in [1.807, 2.05) is 26.0 Å². The van der Waals surface area contributed by atoms with E-state index in [4.69, 9.17) is 28.3 Å². The topological polar surface area (TPSA) is 20.2 Å². The number of benzene rings is 1. The normalized spacial score (nSPS) is 12.3. The van der Waals surface area contributed by atoms with Crippen molar-refractivity contribution in [2.75, 3.05) is 6.61 Å². The summed E-state index contributed by atoms with van der Waals surface area (Å²) in [4.78, 5) is 0. The maximum Gasteiger partial charge on any atom is 0.0647 e. The van der Waals surface area contributed by atoms with E-state index in [1.165, 1.54) is 0 Å². The summed E-state index contributed by atoms with van der Waals surface area (Å²) in [6, 6.07) is 5.33. The summed E-state index contributed by atoms with van der Waals surface area (Å²) >= 11 is 11.8. The van der Waals surface area contributed by atoms with Gasteiger partial charge in [0.05, 0.1) is 6.61 Å². The monoisotopic (exact) mass is 244 g/mol. The van der Waals surface area contributed by atoms with E-state index < -0.39 is 0 Å². The molecular weight excluding hydrogens is 231 g/mol. The summed E-state index contributed by atoms with van der Waals surface area (Å²) in [6.45, 7) is 4.12. The van der Waals surface area contributed by atoms with Crippen LogP contribution in [0.1, 0.15) is 19.4 Å². The molecule has 1 nitrogen and oxygen atoms in total. The number of hydrogen-bond acceptors (Lipinski definition) is 1. The molecule has 15 heavy (non-hydrogen) atoms. The van der Waals surface area contributed by atoms with Gasteiger partial charge in [0.15, 0.2) is 0 Å². The van der Waals surface area contributed by atoms with Crippen molar-refractivity contribution < 1.29 is 5.11 Å². The summed E-state index contributed by atoms with van der Waals surface area (Å²) < 4.78 is 0. The van der Waals surface area contributed by atoms with Crippen molar-refractivity contribution in [3.05, 3.63) is 39.4 Å². The highest BCUT2D eigenvalue weighted by Gasteiger charge is 2.04. The van der Waals surface area contributed by atoms with E-state index >= 15 is 0 Å². The van der Waals surface area contributed by atoms with Crippen LogP contribution in [0.4, 0.5) is 0 Å². The number of rotatable bonds is 3. The third-order valence-corrected chi connectivity index (χ3v) is 2.79. The van der Waals surface area contributed by atoms with E-state index in [9.17, 15) is 0 Å². The van der Waals surface area contributed by atoms with Gasteiger partial charge in [-0.2, -0.15) is 0 Å². The molecule has 1 aromatic carbocycles. The lowest BCUT2D eigenvalue weighted by molar-refractivity contribution is 0.320. The maximum atomic E-state index is 9.17. The first-order valence-corrected chi connectivity index (χ1v) is 5.56. The Bertz CT molecular complexity index is 370. The second kappa shape index (κ2) is 5.55. The molecule has 0 atom stereocenters. The molecule has 0 aliphatic rings. The second-order valence-corrected chi connectivity index (χ2v) is 4.54. The van der Waals surface area contributed by atoms with E-state index in [-0.39, 0.29) is 6.61 Å². The van der Waals surface area contributed by atoms with Gasteiger partial charge in [-0.3, -0.25) is 0 Å². The lowest BCUT2D eigenvalue weighted by Crippen LogP contribution is -1.98. The van der Waals surface area contributed by atoms with E-state index in [2.05, 4.69) is 0 Å². The summed E-state index contributed by atoms with van der Waals surface area (Å²) in [5.74, 6) is 0.307. The zero-order valence-corrected chi connectivity index (χ0v) is 10.3. The van der Waals surface area contributed by atoms with Gasteiger partial charge >= 0.3 is 0 Å². The smallest absolute Gasteiger partial charge is 0.0647 e. The molecule has 0 aliphatic carbocycles. The van der Waals surface area contributed by atoms with Crippen molar-refractivity contribution >= 4 is 29.3 Å². The minimum absolute atomic E-state index is 0.0522. The van der Waals surface area contributed by atoms with E-state index in [1.54, 1.807) is 12.1 Å². The molecule has 0 fully saturated rings. The van der Waals surface area contributed by atoms with Crippen LogP contribution in [0.2, 0.25) is 10.0 Å². The van der Waals surface area contributed by atoms with Crippen LogP contribution in [-0.2, 0) is 0 Å². The van der Waals surface area contributed by atoms with Gasteiger partial charge in [-0.15, -0.1) is 0 Å². The van der Waals surface area contributed by atoms with Crippen molar-refractivity contribution in [3.8, 4) is 0 Å². The van der Waals surface area contributed by atoms with Gasteiger partial charge in [0, 0.05) is 10.0 Å². The Kier molecular flexibility index (Phi) is 4.65. The fraction of sp³-hybridized carbons (Fsp3) is 0.333. The predicted molar refractivity (Wildman–Crippen MR) is 66.4 cm³/mol. The number of aliphatic hydroxyl groups excluding tert-OH is 1. The van der Waals surface area contributed by atoms with Gasteiger partial charge in [-0.25, -0.2) is 0 Å². The highest BCUT2D eigenvalue weighted by atomic mass is 35.5. The standard InChI is InChI=1S/C12H14Cl2O/c1-8(2)10(7-15)5-9-3-4-11(13)6-12(9)14/h3-6,8,15H,7H2,1-2H3. The summed E-state index contributed by atoms with van der Waals surface area (Å²) in [6.07, 6.45) is 1.91. The zero-order valence-electron chi connectivity index (χ0n) is 8.80. The predicted octanol–water partition coefficient (Wildman–Crippen LogP) is 4.03. The van der Waals surface area contributed by atoms with Crippen molar-refractivity contribution in [2.45, 2.75) is 13.8 Å². The van der Waals surface area contributed by atoms with Crippen LogP contribution in [0.3, 0.4) is 0 Å². The average Bonchev–Trinajstić information content (AvgIpc) is 2.16. The maximum absolute atomic E-state index is 9.17. The Morgan fingerprint density at radius 3 is 2.53 bits per heavy atom. The van der Waals surface area contributed by atoms with Crippen LogP contribution in [0.5, 0.6) is 0 Å². The number of halogens is 2. The first-order valence-electron chi connectivity index (χ1n) is 4.81. The third kappa shape index (κ3) is 3.53. The van der Waals surface area contributed by atoms with Crippen molar-refractivity contribution in [1.29, 1.82) is 0 Å². The molecule has 3 heteroatoms. The molecule has 0 saturated heterocycles. The molecule has 0 bridgehead atoms. The molecule has 0 heterocycles. The molecule has 0 amide bonds. The highest BCUT2D eigenvalue weighted by molar-refractivity contribution is 6.35. The van der Waals surface area contributed by atoms with Crippen LogP contribution < -0.4 is 0 Å². The van der Waals surface area contributed by atoms with Crippen LogP contribution in [0, 0.1) is 5.92 Å². The molecule has 0 aromatic heterocycles. The zero-order chi connectivity index (χ0) is 11.4. The molecule has 1 N–H and O–H groups in total. The molecule has 1 rings (SSSR count). The van der Waals surface area contributed by atoms with Crippen LogP contribution >= 0.6 is 23.2 Å². The molecule has 82 valence electrons. The average molecular weight is 245 g/mol. The van der Waals surface area contributed by atoms with E-state index in [0.717, 1.165) is 11.1 Å². The molecule has 1 aromatic rings. The van der Waals surface area contributed by atoms with Gasteiger partial charge in [-0.1, -0.05) is 49.2 Å². The van der Waals surface area contributed by atoms with Crippen molar-refractivity contribution in [3.63, 3.8) is 0 Å². The lowest BCUT2D eigenvalue weighted by atomic mass is 10.0. The Hall–Kier alpha value is -0.500. The molecule has 0 unspecified atom stereocenters. The Labute approximate surface area is 100 Å². The summed E-state index contributed by atoms with van der Waals surface area (Å²) in [7, 11) is 0. The fourth-order valence-electron chi connectivity index (χ4n) is 1.21.